The maximum Gasteiger partial charge on any atom is 0.265 e. The van der Waals surface area contributed by atoms with Gasteiger partial charge in [0, 0.05) is 24.6 Å². The molecule has 0 fully saturated rings. The topological polar surface area (TPSA) is 126 Å². The molecule has 0 radical (unpaired) electrons. The van der Waals surface area contributed by atoms with E-state index in [9.17, 15) is 13.2 Å². The Labute approximate surface area is 234 Å². The second-order valence-electron chi connectivity index (χ2n) is 10.0. The van der Waals surface area contributed by atoms with Crippen LogP contribution in [0.15, 0.2) is 88.8 Å². The summed E-state index contributed by atoms with van der Waals surface area (Å²) in [6.45, 7) is 0.362. The van der Waals surface area contributed by atoms with E-state index in [0.717, 1.165) is 12.8 Å². The van der Waals surface area contributed by atoms with Gasteiger partial charge in [0.15, 0.2) is 15.4 Å². The zero-order valence-corrected chi connectivity index (χ0v) is 22.9. The van der Waals surface area contributed by atoms with Crippen molar-refractivity contribution in [1.29, 1.82) is 0 Å². The molecule has 40 heavy (non-hydrogen) atoms. The molecule has 5 rings (SSSR count). The number of benzene rings is 3. The summed E-state index contributed by atoms with van der Waals surface area (Å²) in [5.41, 5.74) is 7.66. The number of hydrogen-bond donors (Lipinski definition) is 3. The van der Waals surface area contributed by atoms with Crippen molar-refractivity contribution in [2.45, 2.75) is 42.2 Å². The minimum atomic E-state index is -3.64. The van der Waals surface area contributed by atoms with E-state index in [1.165, 1.54) is 11.1 Å². The lowest BCUT2D eigenvalue weighted by Crippen LogP contribution is -2.55. The number of ether oxygens (including phenoxy) is 2. The van der Waals surface area contributed by atoms with Gasteiger partial charge in [0.05, 0.1) is 17.3 Å². The largest absolute Gasteiger partial charge is 0.494 e. The van der Waals surface area contributed by atoms with E-state index in [4.69, 9.17) is 14.6 Å². The van der Waals surface area contributed by atoms with Gasteiger partial charge in [-0.2, -0.15) is 0 Å². The molecule has 2 aliphatic rings. The van der Waals surface area contributed by atoms with Crippen LogP contribution in [-0.4, -0.2) is 62.5 Å². The van der Waals surface area contributed by atoms with Crippen LogP contribution in [0.5, 0.6) is 5.75 Å². The van der Waals surface area contributed by atoms with Gasteiger partial charge in [0.25, 0.3) is 5.91 Å². The van der Waals surface area contributed by atoms with E-state index in [1.54, 1.807) is 54.6 Å². The van der Waals surface area contributed by atoms with Crippen LogP contribution in [-0.2, 0) is 32.2 Å². The minimum absolute atomic E-state index is 0.0237. The first kappa shape index (κ1) is 27.8. The molecule has 1 amide bonds. The molecule has 1 aliphatic carbocycles. The maximum absolute atomic E-state index is 13.6. The van der Waals surface area contributed by atoms with Crippen LogP contribution in [0.4, 0.5) is 0 Å². The fourth-order valence-corrected chi connectivity index (χ4v) is 6.31. The lowest BCUT2D eigenvalue weighted by Gasteiger charge is -2.24. The van der Waals surface area contributed by atoms with E-state index >= 15 is 0 Å². The minimum Gasteiger partial charge on any atom is -0.494 e. The van der Waals surface area contributed by atoms with E-state index in [2.05, 4.69) is 28.0 Å². The summed E-state index contributed by atoms with van der Waals surface area (Å²) in [4.78, 5) is 18.5. The van der Waals surface area contributed by atoms with Crippen molar-refractivity contribution < 1.29 is 27.8 Å². The summed E-state index contributed by atoms with van der Waals surface area (Å²) >= 11 is 0. The molecule has 0 unspecified atom stereocenters. The van der Waals surface area contributed by atoms with Gasteiger partial charge in [0.2, 0.25) is 5.90 Å². The van der Waals surface area contributed by atoms with Crippen LogP contribution in [0.3, 0.4) is 0 Å². The van der Waals surface area contributed by atoms with Gasteiger partial charge in [-0.05, 0) is 66.8 Å². The zero-order valence-electron chi connectivity index (χ0n) is 22.1. The lowest BCUT2D eigenvalue weighted by molar-refractivity contribution is -0.128. The Hall–Kier alpha value is -3.73. The molecule has 0 aromatic heterocycles. The SMILES string of the molecule is O=C(NNC1Cc2ccccc2C1)[C@]1(CCS(=O)(=O)c2ccccc2)COC(c2ccc(OCCCO)cc2)=N1. The number of aliphatic hydroxyl groups excluding tert-OH is 1. The number of rotatable bonds is 12. The molecule has 0 bridgehead atoms. The number of aliphatic imine (C=N–C) groups is 1. The van der Waals surface area contributed by atoms with Gasteiger partial charge in [-0.25, -0.2) is 18.8 Å². The summed E-state index contributed by atoms with van der Waals surface area (Å²) in [6, 6.07) is 23.5. The molecule has 210 valence electrons. The second-order valence-corrected chi connectivity index (χ2v) is 12.2. The molecule has 0 saturated heterocycles. The van der Waals surface area contributed by atoms with Crippen LogP contribution in [0.25, 0.3) is 0 Å². The molecule has 1 aliphatic heterocycles. The number of nitrogens with zero attached hydrogens (tertiary/aromatic N) is 1. The molecule has 9 nitrogen and oxygen atoms in total. The smallest absolute Gasteiger partial charge is 0.265 e. The fraction of sp³-hybridized carbons (Fsp3) is 0.333. The van der Waals surface area contributed by atoms with Crippen molar-refractivity contribution in [3.05, 3.63) is 95.6 Å². The monoisotopic (exact) mass is 563 g/mol. The summed E-state index contributed by atoms with van der Waals surface area (Å²) in [7, 11) is -3.64. The molecule has 3 aromatic carbocycles. The first-order valence-corrected chi connectivity index (χ1v) is 15.0. The van der Waals surface area contributed by atoms with Gasteiger partial charge in [0.1, 0.15) is 12.4 Å². The normalized spacial score (nSPS) is 18.6. The van der Waals surface area contributed by atoms with Gasteiger partial charge in [-0.15, -0.1) is 0 Å². The fourth-order valence-electron chi connectivity index (χ4n) is 4.89. The van der Waals surface area contributed by atoms with Crippen molar-refractivity contribution in [3.63, 3.8) is 0 Å². The molecule has 3 aromatic rings. The van der Waals surface area contributed by atoms with E-state index in [-0.39, 0.29) is 42.2 Å². The number of sulfone groups is 1. The van der Waals surface area contributed by atoms with E-state index in [1.807, 2.05) is 12.1 Å². The third-order valence-corrected chi connectivity index (χ3v) is 8.92. The zero-order chi connectivity index (χ0) is 28.0. The quantitative estimate of drug-likeness (QED) is 0.228. The third kappa shape index (κ3) is 6.35. The highest BCUT2D eigenvalue weighted by Gasteiger charge is 2.45. The molecular formula is C30H33N3O6S. The number of aliphatic hydroxyl groups is 1. The molecular weight excluding hydrogens is 530 g/mol. The average molecular weight is 564 g/mol. The number of carbonyl (C=O) groups is 1. The molecule has 1 atom stereocenters. The predicted octanol–water partition coefficient (Wildman–Crippen LogP) is 2.62. The Morgan fingerprint density at radius 3 is 2.35 bits per heavy atom. The maximum atomic E-state index is 13.6. The molecule has 0 saturated carbocycles. The second kappa shape index (κ2) is 12.2. The van der Waals surface area contributed by atoms with Crippen molar-refractivity contribution in [2.24, 2.45) is 4.99 Å². The standard InChI is InChI=1S/C30H33N3O6S/c34-16-6-17-38-26-13-11-22(12-14-26)28-31-30(21-39-28,15-18-40(36,37)27-9-2-1-3-10-27)29(35)33-32-25-19-23-7-4-5-8-24(23)20-25/h1-5,7-14,25,32,34H,6,15-21H2,(H,33,35)/t30-/m0/s1. The number of amides is 1. The molecule has 10 heteroatoms. The Morgan fingerprint density at radius 1 is 1.00 bits per heavy atom. The number of hydrogen-bond acceptors (Lipinski definition) is 8. The predicted molar refractivity (Wildman–Crippen MR) is 151 cm³/mol. The van der Waals surface area contributed by atoms with Crippen molar-refractivity contribution in [1.82, 2.24) is 10.9 Å². The van der Waals surface area contributed by atoms with Crippen LogP contribution >= 0.6 is 0 Å². The summed E-state index contributed by atoms with van der Waals surface area (Å²) in [5.74, 6) is 0.195. The van der Waals surface area contributed by atoms with Gasteiger partial charge in [-0.3, -0.25) is 10.2 Å². The molecule has 0 spiro atoms. The van der Waals surface area contributed by atoms with Crippen LogP contribution in [0, 0.1) is 0 Å². The molecule has 3 N–H and O–H groups in total. The van der Waals surface area contributed by atoms with Crippen molar-refractivity contribution >= 4 is 21.6 Å². The Bertz CT molecular complexity index is 1440. The number of hydrazine groups is 1. The Balaban J connectivity index is 1.33. The summed E-state index contributed by atoms with van der Waals surface area (Å²) in [5, 5.41) is 8.94. The highest BCUT2D eigenvalue weighted by Crippen LogP contribution is 2.29. The van der Waals surface area contributed by atoms with Gasteiger partial charge in [-0.1, -0.05) is 42.5 Å². The Morgan fingerprint density at radius 2 is 1.68 bits per heavy atom. The number of carbonyl (C=O) groups excluding carboxylic acids is 1. The number of nitrogens with one attached hydrogen (secondary N) is 2. The first-order valence-electron chi connectivity index (χ1n) is 13.4. The van der Waals surface area contributed by atoms with Crippen molar-refractivity contribution in [2.75, 3.05) is 25.6 Å². The summed E-state index contributed by atoms with van der Waals surface area (Å²) in [6.07, 6.45) is 2.05. The third-order valence-electron chi connectivity index (χ3n) is 7.19. The van der Waals surface area contributed by atoms with Crippen molar-refractivity contribution in [3.8, 4) is 5.75 Å². The van der Waals surface area contributed by atoms with Crippen LogP contribution in [0.1, 0.15) is 29.5 Å². The summed E-state index contributed by atoms with van der Waals surface area (Å²) < 4.78 is 37.6. The highest BCUT2D eigenvalue weighted by molar-refractivity contribution is 7.91. The first-order chi connectivity index (χ1) is 19.4. The lowest BCUT2D eigenvalue weighted by atomic mass is 9.98. The van der Waals surface area contributed by atoms with Crippen LogP contribution in [0.2, 0.25) is 0 Å². The van der Waals surface area contributed by atoms with E-state index in [0.29, 0.717) is 24.3 Å². The van der Waals surface area contributed by atoms with Crippen LogP contribution < -0.4 is 15.6 Å². The Kier molecular flexibility index (Phi) is 8.49. The highest BCUT2D eigenvalue weighted by atomic mass is 32.2. The van der Waals surface area contributed by atoms with Gasteiger partial charge < -0.3 is 14.6 Å². The van der Waals surface area contributed by atoms with Gasteiger partial charge >= 0.3 is 0 Å². The van der Waals surface area contributed by atoms with E-state index < -0.39 is 21.3 Å². The molecule has 1 heterocycles. The average Bonchev–Trinajstić information content (AvgIpc) is 3.61. The number of fused-ring (bicyclic) bond motifs is 1.